The summed E-state index contributed by atoms with van der Waals surface area (Å²) in [4.78, 5) is 38.3. The summed E-state index contributed by atoms with van der Waals surface area (Å²) in [6.07, 6.45) is 3.28. The van der Waals surface area contributed by atoms with Gasteiger partial charge in [0.25, 0.3) is 11.9 Å². The number of aromatic nitrogens is 2. The summed E-state index contributed by atoms with van der Waals surface area (Å²) in [6.45, 7) is 3.84. The predicted molar refractivity (Wildman–Crippen MR) is 155 cm³/mol. The molecule has 16 heteroatoms. The molecule has 2 aromatic heterocycles. The Morgan fingerprint density at radius 2 is 1.02 bits per heavy atom. The fraction of sp³-hybridized carbons (Fsp3) is 0.308. The summed E-state index contributed by atoms with van der Waals surface area (Å²) in [5.74, 6) is 0.542. The summed E-state index contributed by atoms with van der Waals surface area (Å²) >= 11 is 11.8. The third-order valence-corrected chi connectivity index (χ3v) is 7.26. The zero-order chi connectivity index (χ0) is 29.6. The molecule has 2 fully saturated rings. The summed E-state index contributed by atoms with van der Waals surface area (Å²) in [5, 5.41) is 29.5. The van der Waals surface area contributed by atoms with Crippen molar-refractivity contribution in [3.8, 4) is 0 Å². The van der Waals surface area contributed by atoms with Gasteiger partial charge in [-0.2, -0.15) is 0 Å². The third kappa shape index (κ3) is 7.39. The maximum atomic E-state index is 11.4. The van der Waals surface area contributed by atoms with Gasteiger partial charge in [0.15, 0.2) is 10.1 Å². The molecule has 2 aliphatic heterocycles. The zero-order valence-corrected chi connectivity index (χ0v) is 23.8. The fourth-order valence-electron chi connectivity index (χ4n) is 4.99. The van der Waals surface area contributed by atoms with Crippen molar-refractivity contribution < 1.29 is 10.1 Å². The number of guanidine groups is 2. The van der Waals surface area contributed by atoms with Gasteiger partial charge < -0.3 is 19.6 Å². The van der Waals surface area contributed by atoms with Crippen LogP contribution in [0, 0.1) is 20.2 Å². The number of hydrogen-bond donors (Lipinski definition) is 0. The van der Waals surface area contributed by atoms with Gasteiger partial charge >= 0.3 is 0 Å². The number of rotatable bonds is 10. The van der Waals surface area contributed by atoms with Crippen molar-refractivity contribution >= 4 is 35.1 Å². The third-order valence-electron chi connectivity index (χ3n) is 6.82. The van der Waals surface area contributed by atoms with Crippen LogP contribution in [0.5, 0.6) is 0 Å². The second-order valence-electron chi connectivity index (χ2n) is 9.76. The zero-order valence-electron chi connectivity index (χ0n) is 22.3. The maximum Gasteiger partial charge on any atom is 0.274 e. The molecule has 42 heavy (non-hydrogen) atoms. The van der Waals surface area contributed by atoms with E-state index in [1.54, 1.807) is 24.5 Å². The SMILES string of the molecule is O=[N+]([O-])/N=C1\N(Cc2ccc(Cl)nc2)CCN1Cc1cccc(CN2CCN(Cc3ccc(Cl)nc3)/C2=N/[N+](=O)[O-])c1. The maximum absolute atomic E-state index is 11.4. The van der Waals surface area contributed by atoms with E-state index in [0.717, 1.165) is 22.3 Å². The molecule has 0 unspecified atom stereocenters. The molecule has 0 spiro atoms. The molecule has 0 atom stereocenters. The number of benzene rings is 1. The van der Waals surface area contributed by atoms with E-state index in [0.29, 0.717) is 62.7 Å². The Hall–Kier alpha value is -4.56. The van der Waals surface area contributed by atoms with Gasteiger partial charge in [0.05, 0.1) is 0 Å². The Bertz CT molecular complexity index is 1390. The lowest BCUT2D eigenvalue weighted by Crippen LogP contribution is -2.34. The molecule has 1 aromatic carbocycles. The average molecular weight is 613 g/mol. The lowest BCUT2D eigenvalue weighted by atomic mass is 10.1. The first kappa shape index (κ1) is 29.0. The summed E-state index contributed by atoms with van der Waals surface area (Å²) in [7, 11) is 0. The average Bonchev–Trinajstić information content (AvgIpc) is 3.49. The Kier molecular flexibility index (Phi) is 8.93. The molecule has 3 aromatic rings. The van der Waals surface area contributed by atoms with Crippen LogP contribution in [0.2, 0.25) is 10.3 Å². The number of hydrazone groups is 2. The first-order chi connectivity index (χ1) is 20.2. The molecule has 0 N–H and O–H groups in total. The quantitative estimate of drug-likeness (QED) is 0.189. The monoisotopic (exact) mass is 612 g/mol. The van der Waals surface area contributed by atoms with Crippen molar-refractivity contribution in [2.75, 3.05) is 26.2 Å². The van der Waals surface area contributed by atoms with E-state index in [-0.39, 0.29) is 11.9 Å². The van der Waals surface area contributed by atoms with Gasteiger partial charge in [-0.25, -0.2) is 30.2 Å². The van der Waals surface area contributed by atoms with Gasteiger partial charge in [0, 0.05) is 64.8 Å². The van der Waals surface area contributed by atoms with Gasteiger partial charge in [-0.3, -0.25) is 0 Å². The van der Waals surface area contributed by atoms with E-state index in [4.69, 9.17) is 23.2 Å². The van der Waals surface area contributed by atoms with Crippen LogP contribution in [0.1, 0.15) is 22.3 Å². The van der Waals surface area contributed by atoms with Crippen LogP contribution in [-0.4, -0.2) is 77.7 Å². The van der Waals surface area contributed by atoms with Crippen molar-refractivity contribution in [1.82, 2.24) is 29.6 Å². The lowest BCUT2D eigenvalue weighted by Gasteiger charge is -2.22. The molecular formula is C26H26Cl2N10O4. The molecule has 0 aliphatic carbocycles. The van der Waals surface area contributed by atoms with Gasteiger partial charge in [0.1, 0.15) is 20.5 Å². The molecule has 218 valence electrons. The summed E-state index contributed by atoms with van der Waals surface area (Å²) < 4.78 is 0. The molecule has 0 amide bonds. The number of nitrogens with zero attached hydrogens (tertiary/aromatic N) is 10. The first-order valence-corrected chi connectivity index (χ1v) is 13.7. The molecule has 2 saturated heterocycles. The summed E-state index contributed by atoms with van der Waals surface area (Å²) in [6, 6.07) is 14.8. The van der Waals surface area contributed by atoms with E-state index in [1.165, 1.54) is 0 Å². The minimum absolute atomic E-state index is 0.271. The van der Waals surface area contributed by atoms with E-state index < -0.39 is 10.1 Å². The molecule has 14 nitrogen and oxygen atoms in total. The van der Waals surface area contributed by atoms with E-state index in [2.05, 4.69) is 20.2 Å². The molecular weight excluding hydrogens is 587 g/mol. The van der Waals surface area contributed by atoms with Gasteiger partial charge in [-0.15, -0.1) is 0 Å². The Balaban J connectivity index is 1.28. The van der Waals surface area contributed by atoms with Crippen LogP contribution in [0.4, 0.5) is 0 Å². The molecule has 5 rings (SSSR count). The van der Waals surface area contributed by atoms with Crippen molar-refractivity contribution in [2.24, 2.45) is 10.2 Å². The predicted octanol–water partition coefficient (Wildman–Crippen LogP) is 3.51. The van der Waals surface area contributed by atoms with Crippen LogP contribution in [0.3, 0.4) is 0 Å². The van der Waals surface area contributed by atoms with Gasteiger partial charge in [-0.1, -0.05) is 59.6 Å². The van der Waals surface area contributed by atoms with E-state index >= 15 is 0 Å². The summed E-state index contributed by atoms with van der Waals surface area (Å²) in [5.41, 5.74) is 3.57. The second kappa shape index (κ2) is 13.0. The highest BCUT2D eigenvalue weighted by atomic mass is 35.5. The van der Waals surface area contributed by atoms with E-state index in [1.807, 2.05) is 56.0 Å². The number of halogens is 2. The molecule has 0 saturated carbocycles. The number of hydrogen-bond acceptors (Lipinski definition) is 6. The van der Waals surface area contributed by atoms with Crippen LogP contribution < -0.4 is 0 Å². The minimum atomic E-state index is -0.688. The van der Waals surface area contributed by atoms with Crippen molar-refractivity contribution in [1.29, 1.82) is 0 Å². The van der Waals surface area contributed by atoms with Crippen molar-refractivity contribution in [2.45, 2.75) is 26.2 Å². The molecule has 0 bridgehead atoms. The second-order valence-corrected chi connectivity index (χ2v) is 10.5. The number of nitro groups is 2. The van der Waals surface area contributed by atoms with Crippen LogP contribution in [0.25, 0.3) is 0 Å². The largest absolute Gasteiger partial charge is 0.331 e. The van der Waals surface area contributed by atoms with Crippen LogP contribution in [0.15, 0.2) is 71.1 Å². The standard InChI is InChI=1S/C26H26Cl2N10O4/c27-23-6-4-21(13-29-23)17-35-10-8-33(25(35)31-37(39)40)15-19-2-1-3-20(12-19)16-34-9-11-36(26(34)32-38(41)42)18-22-5-7-24(28)30-14-22/h1-7,12-14H,8-11,15-18H2/b31-25-,32-26+. The highest BCUT2D eigenvalue weighted by molar-refractivity contribution is 6.29. The highest BCUT2D eigenvalue weighted by Gasteiger charge is 2.31. The highest BCUT2D eigenvalue weighted by Crippen LogP contribution is 2.21. The Labute approximate surface area is 250 Å². The Morgan fingerprint density at radius 1 is 0.643 bits per heavy atom. The Morgan fingerprint density at radius 3 is 1.36 bits per heavy atom. The fourth-order valence-corrected chi connectivity index (χ4v) is 5.21. The first-order valence-electron chi connectivity index (χ1n) is 13.0. The lowest BCUT2D eigenvalue weighted by molar-refractivity contribution is -0.486. The normalized spacial score (nSPS) is 17.1. The smallest absolute Gasteiger partial charge is 0.274 e. The van der Waals surface area contributed by atoms with E-state index in [9.17, 15) is 20.2 Å². The van der Waals surface area contributed by atoms with Gasteiger partial charge in [-0.05, 0) is 34.4 Å². The van der Waals surface area contributed by atoms with Crippen LogP contribution >= 0.6 is 23.2 Å². The van der Waals surface area contributed by atoms with Crippen molar-refractivity contribution in [3.63, 3.8) is 0 Å². The van der Waals surface area contributed by atoms with Crippen LogP contribution in [-0.2, 0) is 26.2 Å². The number of pyridine rings is 2. The van der Waals surface area contributed by atoms with Gasteiger partial charge in [0.2, 0.25) is 0 Å². The topological polar surface area (TPSA) is 150 Å². The minimum Gasteiger partial charge on any atom is -0.331 e. The molecule has 2 aliphatic rings. The molecule has 0 radical (unpaired) electrons. The molecule has 4 heterocycles. The van der Waals surface area contributed by atoms with Crippen molar-refractivity contribution in [3.05, 3.63) is 114 Å².